The molecule has 4 aromatic carbocycles. The lowest BCUT2D eigenvalue weighted by molar-refractivity contribution is -0.0907. The minimum absolute atomic E-state index is 0.110. The molecular formula is C52H66F4O. The van der Waals surface area contributed by atoms with Gasteiger partial charge in [-0.25, -0.2) is 17.6 Å². The highest BCUT2D eigenvalue weighted by atomic mass is 19.2. The third kappa shape index (κ3) is 12.3. The molecule has 6 rings (SSSR count). The molecule has 0 aromatic heterocycles. The van der Waals surface area contributed by atoms with Crippen molar-refractivity contribution < 1.29 is 22.3 Å². The Morgan fingerprint density at radius 1 is 0.421 bits per heavy atom. The van der Waals surface area contributed by atoms with Crippen LogP contribution in [0, 0.1) is 46.9 Å². The molecule has 0 radical (unpaired) electrons. The van der Waals surface area contributed by atoms with Crippen molar-refractivity contribution in [3.63, 3.8) is 0 Å². The van der Waals surface area contributed by atoms with Crippen LogP contribution >= 0.6 is 0 Å². The zero-order valence-corrected chi connectivity index (χ0v) is 34.6. The van der Waals surface area contributed by atoms with Gasteiger partial charge in [0.15, 0.2) is 23.3 Å². The zero-order valence-electron chi connectivity index (χ0n) is 34.6. The van der Waals surface area contributed by atoms with Crippen LogP contribution in [-0.2, 0) is 4.74 Å². The largest absolute Gasteiger partial charge is 0.365 e. The second kappa shape index (κ2) is 22.1. The van der Waals surface area contributed by atoms with Gasteiger partial charge in [-0.15, -0.1) is 0 Å². The molecule has 2 unspecified atom stereocenters. The Hall–Kier alpha value is -3.44. The molecule has 0 spiro atoms. The number of ether oxygens (including phenoxy) is 1. The maximum atomic E-state index is 14.2. The molecule has 57 heavy (non-hydrogen) atoms. The van der Waals surface area contributed by atoms with Crippen LogP contribution in [0.3, 0.4) is 0 Å². The van der Waals surface area contributed by atoms with Gasteiger partial charge in [-0.1, -0.05) is 177 Å². The van der Waals surface area contributed by atoms with E-state index < -0.39 is 23.3 Å². The molecule has 2 saturated carbocycles. The van der Waals surface area contributed by atoms with Gasteiger partial charge >= 0.3 is 0 Å². The second-order valence-electron chi connectivity index (χ2n) is 17.4. The summed E-state index contributed by atoms with van der Waals surface area (Å²) in [7, 11) is 0. The van der Waals surface area contributed by atoms with E-state index in [4.69, 9.17) is 4.74 Å². The molecule has 5 heteroatoms. The summed E-state index contributed by atoms with van der Waals surface area (Å²) in [6.07, 6.45) is 25.0. The Bertz CT molecular complexity index is 1640. The molecule has 0 amide bonds. The molecule has 2 aliphatic carbocycles. The van der Waals surface area contributed by atoms with Crippen LogP contribution < -0.4 is 0 Å². The van der Waals surface area contributed by atoms with Crippen LogP contribution in [-0.4, -0.2) is 0 Å². The molecular weight excluding hydrogens is 717 g/mol. The number of benzene rings is 4. The normalized spacial score (nSPS) is 21.0. The summed E-state index contributed by atoms with van der Waals surface area (Å²) in [5.74, 6) is -1.07. The highest BCUT2D eigenvalue weighted by molar-refractivity contribution is 5.64. The van der Waals surface area contributed by atoms with Crippen molar-refractivity contribution in [1.82, 2.24) is 0 Å². The summed E-state index contributed by atoms with van der Waals surface area (Å²) < 4.78 is 63.6. The predicted octanol–water partition coefficient (Wildman–Crippen LogP) is 16.7. The van der Waals surface area contributed by atoms with Crippen molar-refractivity contribution in [2.45, 2.75) is 154 Å². The molecule has 1 nitrogen and oxygen atoms in total. The van der Waals surface area contributed by atoms with Gasteiger partial charge in [0, 0.05) is 0 Å². The molecule has 308 valence electrons. The van der Waals surface area contributed by atoms with E-state index in [1.54, 1.807) is 12.1 Å². The van der Waals surface area contributed by atoms with Crippen molar-refractivity contribution in [3.8, 4) is 22.3 Å². The van der Waals surface area contributed by atoms with Crippen LogP contribution in [0.2, 0.25) is 0 Å². The molecule has 0 heterocycles. The number of hydrogen-bond donors (Lipinski definition) is 0. The van der Waals surface area contributed by atoms with E-state index in [-0.39, 0.29) is 12.2 Å². The van der Waals surface area contributed by atoms with Gasteiger partial charge in [0.05, 0.1) is 12.2 Å². The first kappa shape index (κ1) is 43.1. The first-order chi connectivity index (χ1) is 27.8. The van der Waals surface area contributed by atoms with Crippen LogP contribution in [0.4, 0.5) is 17.6 Å². The Morgan fingerprint density at radius 3 is 1.12 bits per heavy atom. The number of rotatable bonds is 20. The summed E-state index contributed by atoms with van der Waals surface area (Å²) in [6, 6.07) is 24.8. The molecule has 0 bridgehead atoms. The second-order valence-corrected chi connectivity index (χ2v) is 17.4. The third-order valence-corrected chi connectivity index (χ3v) is 13.3. The van der Waals surface area contributed by atoms with Crippen molar-refractivity contribution in [3.05, 3.63) is 119 Å². The molecule has 2 aliphatic rings. The van der Waals surface area contributed by atoms with E-state index in [9.17, 15) is 17.6 Å². The standard InChI is InChI=1S/C52H66F4O/c1-3-5-7-9-11-13-37-15-19-41(20-16-37)51(43-27-23-39(24-28-43)45-31-33-47(53)49(55)35-45)57-52(42-21-17-38(18-22-42)14-12-10-8-6-4-2)44-29-25-40(26-30-44)46-32-34-48(54)50(56)36-46/h23-38,41-42,51-52H,3-22H2,1-2H3/t37-,38-,41-,42-,51?,52?. The summed E-state index contributed by atoms with van der Waals surface area (Å²) >= 11 is 0. The van der Waals surface area contributed by atoms with Gasteiger partial charge in [0.25, 0.3) is 0 Å². The molecule has 0 aliphatic heterocycles. The molecule has 4 aromatic rings. The van der Waals surface area contributed by atoms with Gasteiger partial charge < -0.3 is 4.74 Å². The van der Waals surface area contributed by atoms with Gasteiger partial charge in [-0.2, -0.15) is 0 Å². The fraction of sp³-hybridized carbons (Fsp3) is 0.538. The van der Waals surface area contributed by atoms with Crippen molar-refractivity contribution >= 4 is 0 Å². The molecule has 2 atom stereocenters. The Labute approximate surface area is 341 Å². The van der Waals surface area contributed by atoms with Crippen molar-refractivity contribution in [2.75, 3.05) is 0 Å². The van der Waals surface area contributed by atoms with Crippen LogP contribution in [0.15, 0.2) is 84.9 Å². The van der Waals surface area contributed by atoms with Gasteiger partial charge in [-0.3, -0.25) is 0 Å². The first-order valence-corrected chi connectivity index (χ1v) is 22.6. The Kier molecular flexibility index (Phi) is 16.7. The SMILES string of the molecule is CCCCCCC[C@H]1CC[C@H](C(OC(c2ccc(-c3ccc(F)c(F)c3)cc2)[C@H]2CC[C@H](CCCCCCC)CC2)c2ccc(-c3ccc(F)c(F)c3)cc2)CC1. The van der Waals surface area contributed by atoms with Crippen LogP contribution in [0.5, 0.6) is 0 Å². The first-order valence-electron chi connectivity index (χ1n) is 22.6. The van der Waals surface area contributed by atoms with Gasteiger partial charge in [-0.05, 0) is 107 Å². The Morgan fingerprint density at radius 2 is 0.772 bits per heavy atom. The summed E-state index contributed by atoms with van der Waals surface area (Å²) in [5.41, 5.74) is 5.26. The quantitative estimate of drug-likeness (QED) is 0.0641. The highest BCUT2D eigenvalue weighted by Gasteiger charge is 2.36. The average molecular weight is 783 g/mol. The smallest absolute Gasteiger partial charge is 0.159 e. The van der Waals surface area contributed by atoms with Gasteiger partial charge in [0.1, 0.15) is 0 Å². The van der Waals surface area contributed by atoms with Gasteiger partial charge in [0.2, 0.25) is 0 Å². The molecule has 0 N–H and O–H groups in total. The number of unbranched alkanes of at least 4 members (excludes halogenated alkanes) is 8. The highest BCUT2D eigenvalue weighted by Crippen LogP contribution is 2.47. The lowest BCUT2D eigenvalue weighted by Gasteiger charge is -2.40. The molecule has 2 fully saturated rings. The number of hydrogen-bond acceptors (Lipinski definition) is 1. The predicted molar refractivity (Wildman–Crippen MR) is 228 cm³/mol. The fourth-order valence-electron chi connectivity index (χ4n) is 9.80. The van der Waals surface area contributed by atoms with E-state index in [1.807, 2.05) is 24.3 Å². The van der Waals surface area contributed by atoms with Crippen LogP contribution in [0.1, 0.15) is 166 Å². The topological polar surface area (TPSA) is 9.23 Å². The third-order valence-electron chi connectivity index (χ3n) is 13.3. The summed E-state index contributed by atoms with van der Waals surface area (Å²) in [4.78, 5) is 0. The monoisotopic (exact) mass is 783 g/mol. The number of halogens is 4. The maximum Gasteiger partial charge on any atom is 0.159 e. The zero-order chi connectivity index (χ0) is 40.0. The summed E-state index contributed by atoms with van der Waals surface area (Å²) in [5, 5.41) is 0. The Balaban J connectivity index is 1.25. The minimum atomic E-state index is -0.843. The van der Waals surface area contributed by atoms with E-state index in [0.717, 1.165) is 59.8 Å². The van der Waals surface area contributed by atoms with E-state index in [1.165, 1.54) is 127 Å². The summed E-state index contributed by atoms with van der Waals surface area (Å²) in [6.45, 7) is 4.54. The molecule has 0 saturated heterocycles. The lowest BCUT2D eigenvalue weighted by atomic mass is 9.74. The maximum absolute atomic E-state index is 14.2. The average Bonchev–Trinajstić information content (AvgIpc) is 3.24. The fourth-order valence-corrected chi connectivity index (χ4v) is 9.80. The van der Waals surface area contributed by atoms with E-state index in [2.05, 4.69) is 38.1 Å². The lowest BCUT2D eigenvalue weighted by Crippen LogP contribution is -2.28. The van der Waals surface area contributed by atoms with Crippen LogP contribution in [0.25, 0.3) is 22.3 Å². The van der Waals surface area contributed by atoms with Crippen molar-refractivity contribution in [2.24, 2.45) is 23.7 Å². The minimum Gasteiger partial charge on any atom is -0.365 e. The van der Waals surface area contributed by atoms with E-state index >= 15 is 0 Å². The van der Waals surface area contributed by atoms with E-state index in [0.29, 0.717) is 23.0 Å². The van der Waals surface area contributed by atoms with Crippen molar-refractivity contribution in [1.29, 1.82) is 0 Å².